The Morgan fingerprint density at radius 1 is 0.707 bits per heavy atom. The quantitative estimate of drug-likeness (QED) is 0.190. The number of anilines is 2. The molecule has 218 valence electrons. The molecule has 4 rings (SSSR count). The van der Waals surface area contributed by atoms with Crippen molar-refractivity contribution in [1.82, 2.24) is 0 Å². The molecule has 4 aromatic rings. The number of hydrogen-bond acceptors (Lipinski definition) is 6. The minimum atomic E-state index is -5.00. The van der Waals surface area contributed by atoms with E-state index in [2.05, 4.69) is 14.2 Å². The average Bonchev–Trinajstić information content (AvgIpc) is 3.30. The fourth-order valence-electron chi connectivity index (χ4n) is 3.41. The van der Waals surface area contributed by atoms with Crippen molar-refractivity contribution >= 4 is 54.4 Å². The number of rotatable bonds is 8. The van der Waals surface area contributed by atoms with Crippen LogP contribution in [0.15, 0.2) is 88.7 Å². The van der Waals surface area contributed by atoms with E-state index in [9.17, 15) is 43.2 Å². The van der Waals surface area contributed by atoms with Crippen LogP contribution in [0.1, 0.15) is 5.56 Å². The van der Waals surface area contributed by atoms with Crippen LogP contribution in [0.2, 0.25) is 4.34 Å². The number of ether oxygens (including phenoxy) is 1. The molecule has 0 atom stereocenters. The summed E-state index contributed by atoms with van der Waals surface area (Å²) in [6.07, 6.45) is -9.83. The first-order valence-electron chi connectivity index (χ1n) is 10.9. The molecule has 0 unspecified atom stereocenters. The molecule has 0 saturated carbocycles. The second-order valence-corrected chi connectivity index (χ2v) is 13.2. The van der Waals surface area contributed by atoms with E-state index in [4.69, 9.17) is 11.6 Å². The van der Waals surface area contributed by atoms with Gasteiger partial charge in [0.1, 0.15) is 5.75 Å². The van der Waals surface area contributed by atoms with E-state index in [0.717, 1.165) is 47.7 Å². The van der Waals surface area contributed by atoms with Crippen LogP contribution in [0, 0.1) is 0 Å². The third kappa shape index (κ3) is 7.63. The van der Waals surface area contributed by atoms with E-state index in [1.165, 1.54) is 18.2 Å². The van der Waals surface area contributed by atoms with Gasteiger partial charge >= 0.3 is 12.5 Å². The Kier molecular flexibility index (Phi) is 8.23. The zero-order chi connectivity index (χ0) is 30.2. The minimum Gasteiger partial charge on any atom is -0.406 e. The lowest BCUT2D eigenvalue weighted by Crippen LogP contribution is -2.19. The maximum atomic E-state index is 13.1. The highest BCUT2D eigenvalue weighted by Gasteiger charge is 2.32. The van der Waals surface area contributed by atoms with E-state index < -0.39 is 53.7 Å². The van der Waals surface area contributed by atoms with E-state index in [-0.39, 0.29) is 11.4 Å². The van der Waals surface area contributed by atoms with E-state index >= 15 is 0 Å². The lowest BCUT2D eigenvalue weighted by Gasteiger charge is -2.17. The Morgan fingerprint density at radius 2 is 1.34 bits per heavy atom. The van der Waals surface area contributed by atoms with E-state index in [0.29, 0.717) is 26.9 Å². The second-order valence-electron chi connectivity index (χ2n) is 8.12. The van der Waals surface area contributed by atoms with Gasteiger partial charge in [-0.05, 0) is 72.3 Å². The Bertz CT molecular complexity index is 1790. The number of sulfonamides is 2. The van der Waals surface area contributed by atoms with Gasteiger partial charge in [0.15, 0.2) is 0 Å². The monoisotopic (exact) mass is 656 g/mol. The molecule has 0 aliphatic rings. The van der Waals surface area contributed by atoms with Crippen molar-refractivity contribution in [3.63, 3.8) is 0 Å². The molecule has 0 aliphatic carbocycles. The highest BCUT2D eigenvalue weighted by Crippen LogP contribution is 2.37. The van der Waals surface area contributed by atoms with E-state index in [1.807, 2.05) is 0 Å². The molecule has 2 N–H and O–H groups in total. The summed E-state index contributed by atoms with van der Waals surface area (Å²) >= 11 is 7.10. The van der Waals surface area contributed by atoms with Crippen LogP contribution in [-0.4, -0.2) is 23.2 Å². The molecule has 17 heteroatoms. The van der Waals surface area contributed by atoms with Crippen molar-refractivity contribution in [2.45, 2.75) is 22.3 Å². The fourth-order valence-corrected chi connectivity index (χ4v) is 6.64. The van der Waals surface area contributed by atoms with Crippen molar-refractivity contribution in [2.24, 2.45) is 0 Å². The predicted octanol–water partition coefficient (Wildman–Crippen LogP) is 7.59. The highest BCUT2D eigenvalue weighted by molar-refractivity contribution is 7.93. The summed E-state index contributed by atoms with van der Waals surface area (Å²) in [4.78, 5) is -0.671. The molecule has 0 spiro atoms. The zero-order valence-corrected chi connectivity index (χ0v) is 23.1. The maximum Gasteiger partial charge on any atom is 0.573 e. The lowest BCUT2D eigenvalue weighted by molar-refractivity contribution is -0.274. The van der Waals surface area contributed by atoms with Gasteiger partial charge in [0.2, 0.25) is 0 Å². The van der Waals surface area contributed by atoms with Gasteiger partial charge in [0.05, 0.1) is 31.1 Å². The standard InChI is InChI=1S/C24H15ClF6N2O5S3/c25-22-11-10-21(39-22)14-4-9-19(32-41(36,37)18-3-1-2-15(13-18)23(26,27)28)20(12-14)33-40(34,35)17-7-5-16(6-8-17)38-24(29,30)31/h1-13,32-33H. The Hall–Kier alpha value is -3.47. The van der Waals surface area contributed by atoms with Crippen molar-refractivity contribution in [2.75, 3.05) is 9.44 Å². The summed E-state index contributed by atoms with van der Waals surface area (Å²) < 4.78 is 137. The fraction of sp³-hybridized carbons (Fsp3) is 0.0833. The van der Waals surface area contributed by atoms with Gasteiger partial charge in [0, 0.05) is 4.88 Å². The average molecular weight is 657 g/mol. The predicted molar refractivity (Wildman–Crippen MR) is 141 cm³/mol. The number of hydrogen-bond donors (Lipinski definition) is 2. The van der Waals surface area contributed by atoms with Gasteiger partial charge < -0.3 is 4.74 Å². The molecule has 41 heavy (non-hydrogen) atoms. The van der Waals surface area contributed by atoms with Gasteiger partial charge in [-0.2, -0.15) is 13.2 Å². The summed E-state index contributed by atoms with van der Waals surface area (Å²) in [7, 11) is -9.19. The van der Waals surface area contributed by atoms with Crippen molar-refractivity contribution in [3.8, 4) is 16.2 Å². The first-order valence-corrected chi connectivity index (χ1v) is 15.1. The summed E-state index contributed by atoms with van der Waals surface area (Å²) in [6, 6.07) is 13.2. The van der Waals surface area contributed by atoms with Crippen molar-refractivity contribution < 1.29 is 47.9 Å². The van der Waals surface area contributed by atoms with Crippen LogP contribution in [0.25, 0.3) is 10.4 Å². The molecule has 0 fully saturated rings. The zero-order valence-electron chi connectivity index (χ0n) is 19.9. The van der Waals surface area contributed by atoms with Gasteiger partial charge in [-0.3, -0.25) is 9.44 Å². The molecule has 0 saturated heterocycles. The molecule has 7 nitrogen and oxygen atoms in total. The van der Waals surface area contributed by atoms with Crippen LogP contribution >= 0.6 is 22.9 Å². The molecule has 0 bridgehead atoms. The summed E-state index contributed by atoms with van der Waals surface area (Å²) in [5.41, 5.74) is -1.51. The molecule has 1 heterocycles. The number of halogens is 7. The van der Waals surface area contributed by atoms with Crippen LogP contribution in [0.3, 0.4) is 0 Å². The molecule has 1 aromatic heterocycles. The van der Waals surface area contributed by atoms with Crippen molar-refractivity contribution in [3.05, 3.63) is 88.8 Å². The van der Waals surface area contributed by atoms with Crippen LogP contribution in [0.5, 0.6) is 5.75 Å². The number of benzene rings is 3. The Labute approximate surface area is 238 Å². The van der Waals surface area contributed by atoms with Gasteiger partial charge in [-0.25, -0.2) is 16.8 Å². The van der Waals surface area contributed by atoms with Gasteiger partial charge in [0.25, 0.3) is 20.0 Å². The van der Waals surface area contributed by atoms with Gasteiger partial charge in [-0.15, -0.1) is 24.5 Å². The SMILES string of the molecule is O=S(=O)(Nc1ccc(-c2ccc(Cl)s2)cc1NS(=O)(=O)c1ccc(OC(F)(F)F)cc1)c1cccc(C(F)(F)F)c1. The highest BCUT2D eigenvalue weighted by atomic mass is 35.5. The summed E-state index contributed by atoms with van der Waals surface area (Å²) in [5.74, 6) is -0.678. The van der Waals surface area contributed by atoms with E-state index in [1.54, 1.807) is 12.1 Å². The third-order valence-corrected chi connectivity index (χ3v) is 9.23. The third-order valence-electron chi connectivity index (χ3n) is 5.21. The lowest BCUT2D eigenvalue weighted by atomic mass is 10.1. The Morgan fingerprint density at radius 3 is 1.93 bits per heavy atom. The molecule has 0 radical (unpaired) electrons. The molecule has 3 aromatic carbocycles. The number of thiophene rings is 1. The number of nitrogens with one attached hydrogen (secondary N) is 2. The van der Waals surface area contributed by atoms with Gasteiger partial charge in [-0.1, -0.05) is 23.7 Å². The van der Waals surface area contributed by atoms with Crippen LogP contribution < -0.4 is 14.2 Å². The minimum absolute atomic E-state index is 0.335. The maximum absolute atomic E-state index is 13.1. The molecular formula is C24H15ClF6N2O5S3. The first kappa shape index (κ1) is 30.5. The smallest absolute Gasteiger partial charge is 0.406 e. The van der Waals surface area contributed by atoms with Crippen LogP contribution in [-0.2, 0) is 26.2 Å². The second kappa shape index (κ2) is 11.1. The van der Waals surface area contributed by atoms with Crippen molar-refractivity contribution in [1.29, 1.82) is 0 Å². The molecular weight excluding hydrogens is 642 g/mol. The first-order chi connectivity index (χ1) is 18.9. The largest absolute Gasteiger partial charge is 0.573 e. The van der Waals surface area contributed by atoms with Crippen LogP contribution in [0.4, 0.5) is 37.7 Å². The topological polar surface area (TPSA) is 102 Å². The summed E-state index contributed by atoms with van der Waals surface area (Å²) in [5, 5.41) is 0. The molecule has 0 aliphatic heterocycles. The Balaban J connectivity index is 1.72. The number of alkyl halides is 6. The normalized spacial score (nSPS) is 12.7. The molecule has 0 amide bonds. The summed E-state index contributed by atoms with van der Waals surface area (Å²) in [6.45, 7) is 0.